The predicted octanol–water partition coefficient (Wildman–Crippen LogP) is 1.93. The molecular weight excluding hydrogens is 292 g/mol. The van der Waals surface area contributed by atoms with Crippen LogP contribution < -0.4 is 0 Å². The molecule has 8 heteroatoms. The summed E-state index contributed by atoms with van der Waals surface area (Å²) < 4.78 is 15.0. The SMILES string of the molecule is CCOC(=O)C1CCC(C)N(C(=O)OCC)N1C(=O)OCC. The Labute approximate surface area is 130 Å². The van der Waals surface area contributed by atoms with Crippen LogP contribution in [0.15, 0.2) is 0 Å². The molecule has 1 heterocycles. The number of carbonyl (C=O) groups is 3. The summed E-state index contributed by atoms with van der Waals surface area (Å²) in [6, 6.07) is -1.17. The zero-order chi connectivity index (χ0) is 16.7. The zero-order valence-corrected chi connectivity index (χ0v) is 13.5. The first-order valence-corrected chi connectivity index (χ1v) is 7.56. The monoisotopic (exact) mass is 316 g/mol. The molecule has 1 aliphatic rings. The minimum absolute atomic E-state index is 0.135. The van der Waals surface area contributed by atoms with Crippen molar-refractivity contribution in [2.45, 2.75) is 52.6 Å². The summed E-state index contributed by atoms with van der Waals surface area (Å²) in [5, 5.41) is 2.17. The van der Waals surface area contributed by atoms with Crippen LogP contribution in [0, 0.1) is 0 Å². The minimum atomic E-state index is -0.889. The third-order valence-corrected chi connectivity index (χ3v) is 3.27. The first-order chi connectivity index (χ1) is 10.5. The van der Waals surface area contributed by atoms with Gasteiger partial charge in [0.2, 0.25) is 0 Å². The maximum absolute atomic E-state index is 12.2. The van der Waals surface area contributed by atoms with Crippen molar-refractivity contribution in [1.82, 2.24) is 10.0 Å². The van der Waals surface area contributed by atoms with Gasteiger partial charge in [0.25, 0.3) is 0 Å². The number of nitrogens with zero attached hydrogens (tertiary/aromatic N) is 2. The Morgan fingerprint density at radius 1 is 0.864 bits per heavy atom. The van der Waals surface area contributed by atoms with Crippen molar-refractivity contribution in [3.05, 3.63) is 0 Å². The third kappa shape index (κ3) is 4.02. The molecule has 8 nitrogen and oxygen atoms in total. The van der Waals surface area contributed by atoms with Gasteiger partial charge in [0.05, 0.1) is 25.9 Å². The minimum Gasteiger partial charge on any atom is -0.464 e. The molecule has 1 aliphatic heterocycles. The Bertz CT molecular complexity index is 414. The number of rotatable bonds is 4. The van der Waals surface area contributed by atoms with E-state index in [0.717, 1.165) is 10.0 Å². The van der Waals surface area contributed by atoms with Gasteiger partial charge in [0.15, 0.2) is 6.04 Å². The van der Waals surface area contributed by atoms with Gasteiger partial charge in [-0.25, -0.2) is 19.4 Å². The molecule has 0 spiro atoms. The fourth-order valence-electron chi connectivity index (χ4n) is 2.32. The van der Waals surface area contributed by atoms with E-state index < -0.39 is 24.2 Å². The smallest absolute Gasteiger partial charge is 0.429 e. The Balaban J connectivity index is 3.09. The lowest BCUT2D eigenvalue weighted by Crippen LogP contribution is -2.63. The summed E-state index contributed by atoms with van der Waals surface area (Å²) >= 11 is 0. The molecule has 0 aliphatic carbocycles. The predicted molar refractivity (Wildman–Crippen MR) is 76.8 cm³/mol. The van der Waals surface area contributed by atoms with Crippen LogP contribution in [0.25, 0.3) is 0 Å². The van der Waals surface area contributed by atoms with Crippen LogP contribution in [0.5, 0.6) is 0 Å². The van der Waals surface area contributed by atoms with Crippen LogP contribution in [0.1, 0.15) is 40.5 Å². The summed E-state index contributed by atoms with van der Waals surface area (Å²) in [5.41, 5.74) is 0. The summed E-state index contributed by atoms with van der Waals surface area (Å²) in [7, 11) is 0. The van der Waals surface area contributed by atoms with E-state index in [9.17, 15) is 14.4 Å². The number of carbonyl (C=O) groups excluding carboxylic acids is 3. The lowest BCUT2D eigenvalue weighted by Gasteiger charge is -2.44. The van der Waals surface area contributed by atoms with E-state index in [1.165, 1.54) is 0 Å². The first kappa shape index (κ1) is 18.1. The topological polar surface area (TPSA) is 85.4 Å². The van der Waals surface area contributed by atoms with E-state index in [1.807, 2.05) is 0 Å². The summed E-state index contributed by atoms with van der Waals surface area (Å²) in [6.45, 7) is 7.29. The average Bonchev–Trinajstić information content (AvgIpc) is 2.47. The molecule has 0 N–H and O–H groups in total. The number of hydrazine groups is 1. The second-order valence-corrected chi connectivity index (χ2v) is 4.78. The maximum atomic E-state index is 12.2. The number of ether oxygens (including phenoxy) is 3. The van der Waals surface area contributed by atoms with Gasteiger partial charge in [0.1, 0.15) is 0 Å². The number of esters is 1. The highest BCUT2D eigenvalue weighted by atomic mass is 16.6. The normalized spacial score (nSPS) is 21.3. The van der Waals surface area contributed by atoms with Crippen LogP contribution in [0.3, 0.4) is 0 Å². The van der Waals surface area contributed by atoms with Crippen molar-refractivity contribution in [2.75, 3.05) is 19.8 Å². The standard InChI is InChI=1S/C14H24N2O6/c1-5-20-12(17)11-9-8-10(4)15(13(18)21-6-2)16(11)14(19)22-7-3/h10-11H,5-9H2,1-4H3. The van der Waals surface area contributed by atoms with Crippen molar-refractivity contribution >= 4 is 18.2 Å². The molecule has 22 heavy (non-hydrogen) atoms. The summed E-state index contributed by atoms with van der Waals surface area (Å²) in [6.07, 6.45) is -0.496. The molecule has 0 radical (unpaired) electrons. The van der Waals surface area contributed by atoms with Crippen LogP contribution in [-0.2, 0) is 19.0 Å². The summed E-state index contributed by atoms with van der Waals surface area (Å²) in [5.74, 6) is -0.559. The van der Waals surface area contributed by atoms with E-state index in [2.05, 4.69) is 0 Å². The number of amides is 2. The van der Waals surface area contributed by atoms with Crippen LogP contribution in [0.4, 0.5) is 9.59 Å². The van der Waals surface area contributed by atoms with Crippen molar-refractivity contribution in [1.29, 1.82) is 0 Å². The molecule has 0 bridgehead atoms. The first-order valence-electron chi connectivity index (χ1n) is 7.56. The molecule has 126 valence electrons. The molecule has 1 rings (SSSR count). The fraction of sp³-hybridized carbons (Fsp3) is 0.786. The molecule has 2 amide bonds. The van der Waals surface area contributed by atoms with Crippen LogP contribution >= 0.6 is 0 Å². The van der Waals surface area contributed by atoms with Gasteiger partial charge in [-0.3, -0.25) is 0 Å². The van der Waals surface area contributed by atoms with Gasteiger partial charge in [-0.1, -0.05) is 0 Å². The Kier molecular flexibility index (Phi) is 6.94. The molecule has 2 atom stereocenters. The third-order valence-electron chi connectivity index (χ3n) is 3.27. The molecule has 1 fully saturated rings. The van der Waals surface area contributed by atoms with E-state index in [1.54, 1.807) is 27.7 Å². The zero-order valence-electron chi connectivity index (χ0n) is 13.5. The number of hydrogen-bond acceptors (Lipinski definition) is 6. The van der Waals surface area contributed by atoms with Gasteiger partial charge in [-0.05, 0) is 40.5 Å². The van der Waals surface area contributed by atoms with E-state index in [0.29, 0.717) is 12.8 Å². The van der Waals surface area contributed by atoms with Crippen LogP contribution in [0.2, 0.25) is 0 Å². The lowest BCUT2D eigenvalue weighted by atomic mass is 10.0. The van der Waals surface area contributed by atoms with Crippen molar-refractivity contribution in [3.63, 3.8) is 0 Å². The highest BCUT2D eigenvalue weighted by Gasteiger charge is 2.45. The molecule has 2 unspecified atom stereocenters. The molecule has 0 aromatic heterocycles. The van der Waals surface area contributed by atoms with Gasteiger partial charge in [-0.2, -0.15) is 5.01 Å². The van der Waals surface area contributed by atoms with Gasteiger partial charge in [-0.15, -0.1) is 0 Å². The highest BCUT2D eigenvalue weighted by Crippen LogP contribution is 2.26. The van der Waals surface area contributed by atoms with Gasteiger partial charge < -0.3 is 14.2 Å². The summed E-state index contributed by atoms with van der Waals surface area (Å²) in [4.78, 5) is 36.5. The molecule has 1 saturated heterocycles. The lowest BCUT2D eigenvalue weighted by molar-refractivity contribution is -0.162. The van der Waals surface area contributed by atoms with Gasteiger partial charge >= 0.3 is 18.2 Å². The van der Waals surface area contributed by atoms with E-state index >= 15 is 0 Å². The van der Waals surface area contributed by atoms with E-state index in [-0.39, 0.29) is 25.9 Å². The largest absolute Gasteiger partial charge is 0.464 e. The second-order valence-electron chi connectivity index (χ2n) is 4.78. The average molecular weight is 316 g/mol. The Hall–Kier alpha value is -1.99. The van der Waals surface area contributed by atoms with Crippen LogP contribution in [-0.4, -0.2) is 60.1 Å². The van der Waals surface area contributed by atoms with Crippen molar-refractivity contribution in [2.24, 2.45) is 0 Å². The fourth-order valence-corrected chi connectivity index (χ4v) is 2.32. The maximum Gasteiger partial charge on any atom is 0.429 e. The second kappa shape index (κ2) is 8.45. The Morgan fingerprint density at radius 3 is 1.86 bits per heavy atom. The molecule has 0 aromatic carbocycles. The quantitative estimate of drug-likeness (QED) is 0.582. The highest BCUT2D eigenvalue weighted by molar-refractivity contribution is 5.83. The van der Waals surface area contributed by atoms with Crippen molar-refractivity contribution < 1.29 is 28.6 Å². The molecule has 0 saturated carbocycles. The molecular formula is C14H24N2O6. The Morgan fingerprint density at radius 2 is 1.36 bits per heavy atom. The van der Waals surface area contributed by atoms with Crippen molar-refractivity contribution in [3.8, 4) is 0 Å². The van der Waals surface area contributed by atoms with E-state index in [4.69, 9.17) is 14.2 Å². The molecule has 0 aromatic rings. The number of hydrogen-bond donors (Lipinski definition) is 0. The van der Waals surface area contributed by atoms with Gasteiger partial charge in [0, 0.05) is 0 Å².